The van der Waals surface area contributed by atoms with Gasteiger partial charge in [0.25, 0.3) is 5.88 Å². The van der Waals surface area contributed by atoms with Crippen LogP contribution in [0, 0.1) is 11.3 Å². The Balaban J connectivity index is 1.10. The fourth-order valence-corrected chi connectivity index (χ4v) is 7.02. The first-order chi connectivity index (χ1) is 26.4. The number of rotatable bonds is 19. The number of nitrogens with one attached hydrogen (secondary N) is 1. The highest BCUT2D eigenvalue weighted by atomic mass is 16.6. The molecular formula is C38H52N10O6. The van der Waals surface area contributed by atoms with Crippen molar-refractivity contribution in [2.24, 2.45) is 0 Å². The SMILES string of the molecule is COCCOCCOCCOc1nn(C2CCC(N3C[C@@H](C)O[C@@H](C)C3)CC2)cc1Nc1ncc(-c2ccc(C#N)c(OC(C)Cn3cncn3)c2)cn1. The molecule has 54 heavy (non-hydrogen) atoms. The average Bonchev–Trinajstić information content (AvgIpc) is 3.84. The first kappa shape index (κ1) is 39.0. The van der Waals surface area contributed by atoms with Gasteiger partial charge in [-0.05, 0) is 64.2 Å². The third-order valence-electron chi connectivity index (χ3n) is 9.55. The number of anilines is 2. The van der Waals surface area contributed by atoms with Gasteiger partial charge in [-0.1, -0.05) is 6.07 Å². The molecule has 1 aliphatic carbocycles. The van der Waals surface area contributed by atoms with Gasteiger partial charge in [0.2, 0.25) is 5.95 Å². The number of hydrogen-bond acceptors (Lipinski definition) is 14. The lowest BCUT2D eigenvalue weighted by Gasteiger charge is -2.42. The van der Waals surface area contributed by atoms with Gasteiger partial charge in [-0.2, -0.15) is 10.4 Å². The van der Waals surface area contributed by atoms with Crippen molar-refractivity contribution in [1.82, 2.24) is 39.4 Å². The van der Waals surface area contributed by atoms with Crippen molar-refractivity contribution in [3.8, 4) is 28.8 Å². The molecule has 16 nitrogen and oxygen atoms in total. The molecular weight excluding hydrogens is 692 g/mol. The summed E-state index contributed by atoms with van der Waals surface area (Å²) in [7, 11) is 1.65. The molecule has 4 aromatic rings. The van der Waals surface area contributed by atoms with Gasteiger partial charge >= 0.3 is 0 Å². The molecule has 1 aromatic carbocycles. The van der Waals surface area contributed by atoms with E-state index in [4.69, 9.17) is 33.5 Å². The minimum absolute atomic E-state index is 0.242. The average molecular weight is 745 g/mol. The smallest absolute Gasteiger partial charge is 0.257 e. The van der Waals surface area contributed by atoms with Gasteiger partial charge in [0.05, 0.1) is 69.6 Å². The summed E-state index contributed by atoms with van der Waals surface area (Å²) in [6, 6.07) is 8.46. The molecule has 1 aliphatic heterocycles. The van der Waals surface area contributed by atoms with Crippen LogP contribution in [0.2, 0.25) is 0 Å². The van der Waals surface area contributed by atoms with Gasteiger partial charge in [0.1, 0.15) is 42.9 Å². The van der Waals surface area contributed by atoms with Crippen LogP contribution in [0.15, 0.2) is 49.4 Å². The second-order valence-corrected chi connectivity index (χ2v) is 13.9. The van der Waals surface area contributed by atoms with Crippen molar-refractivity contribution in [3.63, 3.8) is 0 Å². The molecule has 6 rings (SSSR count). The molecule has 1 unspecified atom stereocenters. The largest absolute Gasteiger partial charge is 0.487 e. The van der Waals surface area contributed by atoms with Gasteiger partial charge in [0.15, 0.2) is 0 Å². The van der Waals surface area contributed by atoms with Crippen molar-refractivity contribution in [3.05, 3.63) is 55.0 Å². The summed E-state index contributed by atoms with van der Waals surface area (Å²) in [6.07, 6.45) is 13.1. The molecule has 3 atom stereocenters. The molecule has 290 valence electrons. The zero-order valence-electron chi connectivity index (χ0n) is 31.7. The fraction of sp³-hybridized carbons (Fsp3) is 0.579. The second kappa shape index (κ2) is 19.6. The third-order valence-corrected chi connectivity index (χ3v) is 9.55. The number of benzene rings is 1. The van der Waals surface area contributed by atoms with Crippen molar-refractivity contribution in [2.75, 3.05) is 65.2 Å². The zero-order valence-corrected chi connectivity index (χ0v) is 31.7. The lowest BCUT2D eigenvalue weighted by Crippen LogP contribution is -2.51. The van der Waals surface area contributed by atoms with Crippen LogP contribution < -0.4 is 14.8 Å². The number of hydrogen-bond donors (Lipinski definition) is 1. The highest BCUT2D eigenvalue weighted by molar-refractivity contribution is 5.67. The molecule has 0 amide bonds. The van der Waals surface area contributed by atoms with Crippen LogP contribution in [0.5, 0.6) is 11.6 Å². The molecule has 4 heterocycles. The molecule has 0 bridgehead atoms. The Morgan fingerprint density at radius 2 is 1.65 bits per heavy atom. The summed E-state index contributed by atoms with van der Waals surface area (Å²) in [5.41, 5.74) is 2.71. The predicted molar refractivity (Wildman–Crippen MR) is 200 cm³/mol. The Morgan fingerprint density at radius 3 is 2.33 bits per heavy atom. The summed E-state index contributed by atoms with van der Waals surface area (Å²) in [5.74, 6) is 1.35. The molecule has 1 saturated carbocycles. The Kier molecular flexibility index (Phi) is 14.2. The van der Waals surface area contributed by atoms with Gasteiger partial charge in [-0.3, -0.25) is 9.58 Å². The Bertz CT molecular complexity index is 1750. The van der Waals surface area contributed by atoms with Crippen LogP contribution in [0.25, 0.3) is 11.1 Å². The maximum Gasteiger partial charge on any atom is 0.257 e. The summed E-state index contributed by atoms with van der Waals surface area (Å²) >= 11 is 0. The molecule has 16 heteroatoms. The van der Waals surface area contributed by atoms with Crippen molar-refractivity contribution < 1.29 is 28.4 Å². The highest BCUT2D eigenvalue weighted by Gasteiger charge is 2.32. The summed E-state index contributed by atoms with van der Waals surface area (Å²) in [5, 5.41) is 22.1. The van der Waals surface area contributed by atoms with E-state index in [1.54, 1.807) is 36.6 Å². The predicted octanol–water partition coefficient (Wildman–Crippen LogP) is 4.67. The molecule has 1 N–H and O–H groups in total. The van der Waals surface area contributed by atoms with Crippen molar-refractivity contribution >= 4 is 11.6 Å². The standard InChI is InChI=1S/C38H52N10O6/c1-27-21-46(22-28(2)53-27)33-7-9-34(10-8-33)48-24-35(37(45-48)52-16-15-51-14-13-50-12-11-49-4)44-38-41-19-32(20-42-38)30-5-6-31(18-39)36(17-30)54-29(3)23-47-26-40-25-43-47/h5-6,17,19-20,24-29,33-34H,7-16,21-23H2,1-4H3,(H,41,42,44)/t27-,28+,29?,33?,34?. The maximum atomic E-state index is 9.72. The Hall–Kier alpha value is -4.66. The van der Waals surface area contributed by atoms with Crippen LogP contribution in [0.4, 0.5) is 11.6 Å². The van der Waals surface area contributed by atoms with Gasteiger partial charge < -0.3 is 33.7 Å². The van der Waals surface area contributed by atoms with E-state index >= 15 is 0 Å². The first-order valence-corrected chi connectivity index (χ1v) is 18.8. The van der Waals surface area contributed by atoms with E-state index < -0.39 is 0 Å². The van der Waals surface area contributed by atoms with Crippen LogP contribution in [-0.4, -0.2) is 124 Å². The van der Waals surface area contributed by atoms with Crippen LogP contribution in [-0.2, 0) is 25.5 Å². The number of methoxy groups -OCH3 is 1. The monoisotopic (exact) mass is 744 g/mol. The number of morpholine rings is 1. The first-order valence-electron chi connectivity index (χ1n) is 18.8. The van der Waals surface area contributed by atoms with Gasteiger partial charge in [-0.15, -0.1) is 5.10 Å². The quantitative estimate of drug-likeness (QED) is 0.132. The topological polar surface area (TPSA) is 169 Å². The number of nitriles is 1. The normalized spacial score (nSPS) is 21.0. The van der Waals surface area contributed by atoms with E-state index in [1.165, 1.54) is 6.33 Å². The fourth-order valence-electron chi connectivity index (χ4n) is 7.02. The Morgan fingerprint density at radius 1 is 0.944 bits per heavy atom. The van der Waals surface area contributed by atoms with E-state index in [0.717, 1.165) is 49.9 Å². The Labute approximate surface area is 316 Å². The zero-order chi connectivity index (χ0) is 37.7. The highest BCUT2D eigenvalue weighted by Crippen LogP contribution is 2.35. The minimum atomic E-state index is -0.242. The third kappa shape index (κ3) is 11.0. The maximum absolute atomic E-state index is 9.72. The van der Waals surface area contributed by atoms with Crippen LogP contribution in [0.1, 0.15) is 58.1 Å². The molecule has 2 fully saturated rings. The van der Waals surface area contributed by atoms with Gasteiger partial charge in [0, 0.05) is 44.2 Å². The number of nitrogens with zero attached hydrogens (tertiary/aromatic N) is 9. The van der Waals surface area contributed by atoms with E-state index in [9.17, 15) is 5.26 Å². The molecule has 1 saturated heterocycles. The van der Waals surface area contributed by atoms with Crippen molar-refractivity contribution in [2.45, 2.75) is 83.4 Å². The minimum Gasteiger partial charge on any atom is -0.487 e. The van der Waals surface area contributed by atoms with Crippen molar-refractivity contribution in [1.29, 1.82) is 5.26 Å². The molecule has 3 aromatic heterocycles. The molecule has 2 aliphatic rings. The van der Waals surface area contributed by atoms with E-state index in [1.807, 2.05) is 29.9 Å². The lowest BCUT2D eigenvalue weighted by atomic mass is 9.89. The van der Waals surface area contributed by atoms with E-state index in [-0.39, 0.29) is 24.4 Å². The summed E-state index contributed by atoms with van der Waals surface area (Å²) in [4.78, 5) is 15.8. The summed E-state index contributed by atoms with van der Waals surface area (Å²) < 4.78 is 38.2. The number of aromatic nitrogens is 7. The van der Waals surface area contributed by atoms with E-state index in [0.29, 0.717) is 81.1 Å². The van der Waals surface area contributed by atoms with Crippen LogP contribution in [0.3, 0.4) is 0 Å². The van der Waals surface area contributed by atoms with E-state index in [2.05, 4.69) is 50.2 Å². The summed E-state index contributed by atoms with van der Waals surface area (Å²) in [6.45, 7) is 11.5. The van der Waals surface area contributed by atoms with Crippen LogP contribution >= 0.6 is 0 Å². The molecule has 0 radical (unpaired) electrons. The van der Waals surface area contributed by atoms with Gasteiger partial charge in [-0.25, -0.2) is 19.6 Å². The second-order valence-electron chi connectivity index (χ2n) is 13.9. The molecule has 0 spiro atoms. The lowest BCUT2D eigenvalue weighted by molar-refractivity contribution is -0.0852. The number of ether oxygens (including phenoxy) is 6.